The fraction of sp³-hybridized carbons (Fsp3) is 0.143. The average molecular weight is 322 g/mol. The third kappa shape index (κ3) is 2.81. The first kappa shape index (κ1) is 16.0. The van der Waals surface area contributed by atoms with Crippen molar-refractivity contribution in [2.75, 3.05) is 0 Å². The molecular formula is C14H8F6O2. The predicted molar refractivity (Wildman–Crippen MR) is 65.2 cm³/mol. The number of phenolic OH excluding ortho intramolecular Hbond substituents is 2. The van der Waals surface area contributed by atoms with E-state index in [0.29, 0.717) is 12.1 Å². The van der Waals surface area contributed by atoms with E-state index in [4.69, 9.17) is 0 Å². The zero-order valence-electron chi connectivity index (χ0n) is 10.6. The highest BCUT2D eigenvalue weighted by Gasteiger charge is 2.37. The van der Waals surface area contributed by atoms with Crippen LogP contribution in [0.1, 0.15) is 11.1 Å². The van der Waals surface area contributed by atoms with Crippen molar-refractivity contribution >= 4 is 0 Å². The minimum atomic E-state index is -4.88. The maximum atomic E-state index is 12.7. The van der Waals surface area contributed by atoms with Crippen molar-refractivity contribution < 1.29 is 36.6 Å². The second kappa shape index (κ2) is 5.11. The second-order valence-corrected chi connectivity index (χ2v) is 4.40. The van der Waals surface area contributed by atoms with E-state index >= 15 is 0 Å². The number of phenols is 2. The molecule has 0 bridgehead atoms. The SMILES string of the molecule is Oc1c(-c2cccc(C(F)(F)F)c2O)cccc1C(F)(F)F. The van der Waals surface area contributed by atoms with Gasteiger partial charge in [-0.25, -0.2) is 0 Å². The fourth-order valence-electron chi connectivity index (χ4n) is 1.98. The van der Waals surface area contributed by atoms with Crippen LogP contribution in [-0.2, 0) is 12.4 Å². The first-order valence-electron chi connectivity index (χ1n) is 5.82. The standard InChI is InChI=1S/C14H8F6O2/c15-13(16,17)9-5-1-3-7(11(9)21)8-4-2-6-10(12(8)22)14(18,19)20/h1-6,21-22H. The molecule has 0 amide bonds. The van der Waals surface area contributed by atoms with Gasteiger partial charge in [0, 0.05) is 11.1 Å². The molecule has 2 nitrogen and oxygen atoms in total. The molecule has 0 fully saturated rings. The normalized spacial score (nSPS) is 12.5. The molecule has 0 atom stereocenters. The predicted octanol–water partition coefficient (Wildman–Crippen LogP) is 4.80. The van der Waals surface area contributed by atoms with Gasteiger partial charge in [0.1, 0.15) is 11.5 Å². The summed E-state index contributed by atoms with van der Waals surface area (Å²) in [6.07, 6.45) is -9.76. The number of hydrogen-bond donors (Lipinski definition) is 2. The van der Waals surface area contributed by atoms with Crippen LogP contribution >= 0.6 is 0 Å². The summed E-state index contributed by atoms with van der Waals surface area (Å²) < 4.78 is 76.3. The Morgan fingerprint density at radius 1 is 0.591 bits per heavy atom. The summed E-state index contributed by atoms with van der Waals surface area (Å²) in [5.41, 5.74) is -3.89. The Bertz CT molecular complexity index is 642. The second-order valence-electron chi connectivity index (χ2n) is 4.40. The largest absolute Gasteiger partial charge is 0.507 e. The van der Waals surface area contributed by atoms with Crippen LogP contribution in [0.15, 0.2) is 36.4 Å². The summed E-state index contributed by atoms with van der Waals surface area (Å²) in [5.74, 6) is -2.49. The van der Waals surface area contributed by atoms with E-state index in [1.54, 1.807) is 0 Å². The molecule has 2 N–H and O–H groups in total. The molecular weight excluding hydrogens is 314 g/mol. The summed E-state index contributed by atoms with van der Waals surface area (Å²) in [6.45, 7) is 0. The molecule has 2 aromatic rings. The number of aromatic hydroxyl groups is 2. The Balaban J connectivity index is 2.69. The lowest BCUT2D eigenvalue weighted by atomic mass is 9.98. The van der Waals surface area contributed by atoms with E-state index in [1.165, 1.54) is 0 Å². The molecule has 0 heterocycles. The van der Waals surface area contributed by atoms with Crippen molar-refractivity contribution in [1.29, 1.82) is 0 Å². The number of para-hydroxylation sites is 2. The average Bonchev–Trinajstić information content (AvgIpc) is 2.37. The van der Waals surface area contributed by atoms with Crippen molar-refractivity contribution in [2.45, 2.75) is 12.4 Å². The van der Waals surface area contributed by atoms with E-state index in [2.05, 4.69) is 0 Å². The summed E-state index contributed by atoms with van der Waals surface area (Å²) in [5, 5.41) is 19.4. The minimum absolute atomic E-state index is 0.543. The number of hydrogen-bond acceptors (Lipinski definition) is 2. The monoisotopic (exact) mass is 322 g/mol. The summed E-state index contributed by atoms with van der Waals surface area (Å²) in [6, 6.07) is 5.00. The molecule has 0 aliphatic carbocycles. The molecule has 2 rings (SSSR count). The molecule has 8 heteroatoms. The molecule has 2 aromatic carbocycles. The Morgan fingerprint density at radius 3 is 1.18 bits per heavy atom. The Labute approximate surface area is 120 Å². The summed E-state index contributed by atoms with van der Waals surface area (Å²) >= 11 is 0. The smallest absolute Gasteiger partial charge is 0.419 e. The van der Waals surface area contributed by atoms with Gasteiger partial charge >= 0.3 is 12.4 Å². The van der Waals surface area contributed by atoms with Crippen molar-refractivity contribution in [3.8, 4) is 22.6 Å². The molecule has 0 aliphatic heterocycles. The number of rotatable bonds is 1. The molecule has 0 radical (unpaired) electrons. The van der Waals surface area contributed by atoms with Crippen LogP contribution in [0, 0.1) is 0 Å². The van der Waals surface area contributed by atoms with Crippen LogP contribution in [0.2, 0.25) is 0 Å². The highest BCUT2D eigenvalue weighted by Crippen LogP contribution is 2.46. The van der Waals surface area contributed by atoms with Crippen molar-refractivity contribution in [3.63, 3.8) is 0 Å². The molecule has 0 saturated carbocycles. The van der Waals surface area contributed by atoms with Crippen LogP contribution in [-0.4, -0.2) is 10.2 Å². The first-order valence-corrected chi connectivity index (χ1v) is 5.82. The highest BCUT2D eigenvalue weighted by molar-refractivity contribution is 5.78. The lowest BCUT2D eigenvalue weighted by Gasteiger charge is -2.15. The van der Waals surface area contributed by atoms with E-state index in [-0.39, 0.29) is 0 Å². The van der Waals surface area contributed by atoms with Gasteiger partial charge in [-0.15, -0.1) is 0 Å². The van der Waals surface area contributed by atoms with Gasteiger partial charge in [-0.2, -0.15) is 26.3 Å². The molecule has 0 aromatic heterocycles. The quantitative estimate of drug-likeness (QED) is 0.740. The maximum absolute atomic E-state index is 12.7. The number of benzene rings is 2. The topological polar surface area (TPSA) is 40.5 Å². The molecule has 0 unspecified atom stereocenters. The molecule has 0 spiro atoms. The highest BCUT2D eigenvalue weighted by atomic mass is 19.4. The summed E-state index contributed by atoms with van der Waals surface area (Å²) in [4.78, 5) is 0. The van der Waals surface area contributed by atoms with Gasteiger partial charge in [0.15, 0.2) is 0 Å². The lowest BCUT2D eigenvalue weighted by molar-refractivity contribution is -0.139. The van der Waals surface area contributed by atoms with Crippen molar-refractivity contribution in [2.24, 2.45) is 0 Å². The first-order chi connectivity index (χ1) is 10.0. The lowest BCUT2D eigenvalue weighted by Crippen LogP contribution is -2.07. The Morgan fingerprint density at radius 2 is 0.909 bits per heavy atom. The van der Waals surface area contributed by atoms with Crippen molar-refractivity contribution in [1.82, 2.24) is 0 Å². The third-order valence-corrected chi connectivity index (χ3v) is 2.97. The van der Waals surface area contributed by atoms with Crippen LogP contribution in [0.4, 0.5) is 26.3 Å². The summed E-state index contributed by atoms with van der Waals surface area (Å²) in [7, 11) is 0. The van der Waals surface area contributed by atoms with Gasteiger partial charge in [-0.05, 0) is 12.1 Å². The zero-order chi connectivity index (χ0) is 16.7. The molecule has 22 heavy (non-hydrogen) atoms. The van der Waals surface area contributed by atoms with Crippen LogP contribution < -0.4 is 0 Å². The van der Waals surface area contributed by atoms with E-state index in [0.717, 1.165) is 24.3 Å². The van der Waals surface area contributed by atoms with Crippen molar-refractivity contribution in [3.05, 3.63) is 47.5 Å². The van der Waals surface area contributed by atoms with Crippen LogP contribution in [0.5, 0.6) is 11.5 Å². The van der Waals surface area contributed by atoms with Gasteiger partial charge in [0.25, 0.3) is 0 Å². The van der Waals surface area contributed by atoms with Gasteiger partial charge in [-0.3, -0.25) is 0 Å². The molecule has 0 saturated heterocycles. The van der Waals surface area contributed by atoms with Crippen LogP contribution in [0.3, 0.4) is 0 Å². The molecule has 118 valence electrons. The van der Waals surface area contributed by atoms with Gasteiger partial charge in [0.05, 0.1) is 11.1 Å². The minimum Gasteiger partial charge on any atom is -0.507 e. The number of halogens is 6. The van der Waals surface area contributed by atoms with E-state index in [9.17, 15) is 36.6 Å². The Hall–Kier alpha value is -2.38. The Kier molecular flexibility index (Phi) is 3.72. The van der Waals surface area contributed by atoms with Crippen LogP contribution in [0.25, 0.3) is 11.1 Å². The number of alkyl halides is 6. The zero-order valence-corrected chi connectivity index (χ0v) is 10.6. The maximum Gasteiger partial charge on any atom is 0.419 e. The third-order valence-electron chi connectivity index (χ3n) is 2.97. The van der Waals surface area contributed by atoms with E-state index < -0.39 is 46.1 Å². The van der Waals surface area contributed by atoms with Gasteiger partial charge < -0.3 is 10.2 Å². The van der Waals surface area contributed by atoms with E-state index in [1.807, 2.05) is 0 Å². The van der Waals surface area contributed by atoms with Gasteiger partial charge in [0.2, 0.25) is 0 Å². The van der Waals surface area contributed by atoms with Gasteiger partial charge in [-0.1, -0.05) is 24.3 Å². The molecule has 0 aliphatic rings. The fourth-order valence-corrected chi connectivity index (χ4v) is 1.98.